The molecule has 2 heterocycles. The minimum atomic E-state index is -3.49. The molecule has 0 aliphatic carbocycles. The predicted octanol–water partition coefficient (Wildman–Crippen LogP) is 1.71. The van der Waals surface area contributed by atoms with E-state index in [4.69, 9.17) is 10.2 Å². The van der Waals surface area contributed by atoms with Crippen LogP contribution < -0.4 is 10.5 Å². The van der Waals surface area contributed by atoms with E-state index in [0.717, 1.165) is 10.6 Å². The van der Waals surface area contributed by atoms with Crippen LogP contribution in [0, 0.1) is 0 Å². The highest BCUT2D eigenvalue weighted by Gasteiger charge is 2.19. The largest absolute Gasteiger partial charge is 0.469 e. The van der Waals surface area contributed by atoms with Crippen LogP contribution in [0.15, 0.2) is 39.2 Å². The Balaban J connectivity index is 2.04. The lowest BCUT2D eigenvalue weighted by Crippen LogP contribution is -2.33. The lowest BCUT2D eigenvalue weighted by molar-refractivity contribution is 0.479. The van der Waals surface area contributed by atoms with Crippen molar-refractivity contribution >= 4 is 21.4 Å². The lowest BCUT2D eigenvalue weighted by Gasteiger charge is -2.12. The van der Waals surface area contributed by atoms with Gasteiger partial charge in [-0.05, 0) is 25.1 Å². The van der Waals surface area contributed by atoms with E-state index in [1.165, 1.54) is 11.3 Å². The molecule has 3 N–H and O–H groups in total. The van der Waals surface area contributed by atoms with Crippen LogP contribution in [0.4, 0.5) is 0 Å². The van der Waals surface area contributed by atoms with Crippen LogP contribution in [0.2, 0.25) is 0 Å². The summed E-state index contributed by atoms with van der Waals surface area (Å²) in [5.41, 5.74) is 5.48. The van der Waals surface area contributed by atoms with Crippen LogP contribution in [0.25, 0.3) is 0 Å². The smallest absolute Gasteiger partial charge is 0.241 e. The molecular weight excluding hydrogens is 284 g/mol. The second-order valence-electron chi connectivity index (χ2n) is 4.26. The van der Waals surface area contributed by atoms with Crippen molar-refractivity contribution in [1.29, 1.82) is 0 Å². The van der Waals surface area contributed by atoms with E-state index in [1.807, 2.05) is 6.07 Å². The SMILES string of the molecule is CC(Cc1ccco1)NS(=O)(=O)c1csc(CN)c1. The van der Waals surface area contributed by atoms with Crippen molar-refractivity contribution in [1.82, 2.24) is 4.72 Å². The highest BCUT2D eigenvalue weighted by molar-refractivity contribution is 7.89. The van der Waals surface area contributed by atoms with E-state index in [1.54, 1.807) is 30.7 Å². The maximum atomic E-state index is 12.1. The standard InChI is InChI=1S/C12H16N2O3S2/c1-9(5-10-3-2-4-17-10)14-19(15,16)12-6-11(7-13)18-8-12/h2-4,6,8-9,14H,5,7,13H2,1H3. The zero-order chi connectivity index (χ0) is 13.9. The lowest BCUT2D eigenvalue weighted by atomic mass is 10.2. The molecule has 7 heteroatoms. The average Bonchev–Trinajstić information content (AvgIpc) is 2.97. The summed E-state index contributed by atoms with van der Waals surface area (Å²) in [5, 5.41) is 1.60. The average molecular weight is 300 g/mol. The van der Waals surface area contributed by atoms with E-state index in [-0.39, 0.29) is 10.9 Å². The molecule has 0 bridgehead atoms. The molecular formula is C12H16N2O3S2. The molecule has 19 heavy (non-hydrogen) atoms. The fourth-order valence-electron chi connectivity index (χ4n) is 1.71. The number of thiophene rings is 1. The zero-order valence-corrected chi connectivity index (χ0v) is 12.1. The van der Waals surface area contributed by atoms with Gasteiger partial charge >= 0.3 is 0 Å². The van der Waals surface area contributed by atoms with Crippen LogP contribution in [0.3, 0.4) is 0 Å². The van der Waals surface area contributed by atoms with Gasteiger partial charge < -0.3 is 10.2 Å². The molecule has 0 fully saturated rings. The first-order valence-corrected chi connectivity index (χ1v) is 8.20. The molecule has 1 unspecified atom stereocenters. The van der Waals surface area contributed by atoms with Crippen molar-refractivity contribution < 1.29 is 12.8 Å². The Labute approximate surface area is 116 Å². The van der Waals surface area contributed by atoms with E-state index >= 15 is 0 Å². The summed E-state index contributed by atoms with van der Waals surface area (Å²) in [7, 11) is -3.49. The quantitative estimate of drug-likeness (QED) is 0.850. The normalized spacial score (nSPS) is 13.6. The number of hydrogen-bond donors (Lipinski definition) is 2. The first-order valence-electron chi connectivity index (χ1n) is 5.83. The van der Waals surface area contributed by atoms with Gasteiger partial charge in [0, 0.05) is 29.3 Å². The highest BCUT2D eigenvalue weighted by atomic mass is 32.2. The fraction of sp³-hybridized carbons (Fsp3) is 0.333. The Bertz CT molecular complexity index is 617. The number of furan rings is 1. The van der Waals surface area contributed by atoms with Crippen molar-refractivity contribution in [2.24, 2.45) is 5.73 Å². The number of nitrogens with one attached hydrogen (secondary N) is 1. The Morgan fingerprint density at radius 1 is 1.53 bits per heavy atom. The van der Waals surface area contributed by atoms with Crippen LogP contribution in [0.5, 0.6) is 0 Å². The number of rotatable bonds is 6. The zero-order valence-electron chi connectivity index (χ0n) is 10.5. The van der Waals surface area contributed by atoms with Crippen LogP contribution in [-0.2, 0) is 23.0 Å². The van der Waals surface area contributed by atoms with Gasteiger partial charge in [-0.25, -0.2) is 13.1 Å². The second kappa shape index (κ2) is 5.87. The minimum Gasteiger partial charge on any atom is -0.469 e. The van der Waals surface area contributed by atoms with E-state index < -0.39 is 10.0 Å². The summed E-state index contributed by atoms with van der Waals surface area (Å²) in [6.45, 7) is 2.15. The van der Waals surface area contributed by atoms with E-state index in [9.17, 15) is 8.42 Å². The first-order chi connectivity index (χ1) is 9.01. The molecule has 0 radical (unpaired) electrons. The maximum Gasteiger partial charge on any atom is 0.241 e. The van der Waals surface area contributed by atoms with Crippen molar-refractivity contribution in [3.05, 3.63) is 40.5 Å². The Hall–Kier alpha value is -1.15. The highest BCUT2D eigenvalue weighted by Crippen LogP contribution is 2.19. The summed E-state index contributed by atoms with van der Waals surface area (Å²) in [4.78, 5) is 1.11. The van der Waals surface area contributed by atoms with Gasteiger partial charge in [0.05, 0.1) is 11.2 Å². The van der Waals surface area contributed by atoms with Gasteiger partial charge in [-0.3, -0.25) is 0 Å². The summed E-state index contributed by atoms with van der Waals surface area (Å²) in [6, 6.07) is 4.97. The van der Waals surface area contributed by atoms with Crippen molar-refractivity contribution in [2.75, 3.05) is 0 Å². The number of sulfonamides is 1. The predicted molar refractivity (Wildman–Crippen MR) is 74.4 cm³/mol. The Morgan fingerprint density at radius 2 is 2.32 bits per heavy atom. The van der Waals surface area contributed by atoms with Crippen LogP contribution in [0.1, 0.15) is 17.6 Å². The van der Waals surface area contributed by atoms with Crippen molar-refractivity contribution in [3.63, 3.8) is 0 Å². The topological polar surface area (TPSA) is 85.3 Å². The Morgan fingerprint density at radius 3 is 2.89 bits per heavy atom. The van der Waals surface area contributed by atoms with Gasteiger partial charge in [-0.2, -0.15) is 0 Å². The number of nitrogens with two attached hydrogens (primary N) is 1. The molecule has 1 atom stereocenters. The van der Waals surface area contributed by atoms with E-state index in [2.05, 4.69) is 4.72 Å². The van der Waals surface area contributed by atoms with Gasteiger partial charge in [0.1, 0.15) is 5.76 Å². The number of hydrogen-bond acceptors (Lipinski definition) is 5. The summed E-state index contributed by atoms with van der Waals surface area (Å²) >= 11 is 1.35. The molecule has 0 aromatic carbocycles. The minimum absolute atomic E-state index is 0.239. The van der Waals surface area contributed by atoms with Gasteiger partial charge in [-0.1, -0.05) is 0 Å². The molecule has 0 saturated carbocycles. The molecule has 0 aliphatic rings. The molecule has 0 saturated heterocycles. The molecule has 5 nitrogen and oxygen atoms in total. The third-order valence-corrected chi connectivity index (χ3v) is 5.26. The van der Waals surface area contributed by atoms with Crippen LogP contribution in [-0.4, -0.2) is 14.5 Å². The van der Waals surface area contributed by atoms with Gasteiger partial charge in [-0.15, -0.1) is 11.3 Å². The van der Waals surface area contributed by atoms with Gasteiger partial charge in [0.15, 0.2) is 0 Å². The third-order valence-electron chi connectivity index (χ3n) is 2.58. The van der Waals surface area contributed by atoms with Gasteiger partial charge in [0.2, 0.25) is 10.0 Å². The van der Waals surface area contributed by atoms with Crippen molar-refractivity contribution in [3.8, 4) is 0 Å². The van der Waals surface area contributed by atoms with Crippen LogP contribution >= 0.6 is 11.3 Å². The van der Waals surface area contributed by atoms with Gasteiger partial charge in [0.25, 0.3) is 0 Å². The van der Waals surface area contributed by atoms with E-state index in [0.29, 0.717) is 13.0 Å². The molecule has 2 aromatic rings. The summed E-state index contributed by atoms with van der Waals surface area (Å²) in [5.74, 6) is 0.753. The molecule has 2 rings (SSSR count). The fourth-order valence-corrected chi connectivity index (χ4v) is 4.11. The second-order valence-corrected chi connectivity index (χ2v) is 6.97. The summed E-state index contributed by atoms with van der Waals surface area (Å²) < 4.78 is 32.1. The molecule has 104 valence electrons. The first kappa shape index (κ1) is 14.3. The molecule has 0 spiro atoms. The van der Waals surface area contributed by atoms with Crippen molar-refractivity contribution in [2.45, 2.75) is 30.8 Å². The third kappa shape index (κ3) is 3.66. The Kier molecular flexibility index (Phi) is 4.41. The molecule has 0 amide bonds. The summed E-state index contributed by atoms with van der Waals surface area (Å²) in [6.07, 6.45) is 2.09. The molecule has 0 aliphatic heterocycles. The monoisotopic (exact) mass is 300 g/mol. The maximum absolute atomic E-state index is 12.1. The molecule has 2 aromatic heterocycles.